The summed E-state index contributed by atoms with van der Waals surface area (Å²) < 4.78 is 16.7. The Balaban J connectivity index is 1.43. The molecule has 0 saturated heterocycles. The summed E-state index contributed by atoms with van der Waals surface area (Å²) in [6.45, 7) is 11.0. The van der Waals surface area contributed by atoms with E-state index >= 15 is 0 Å². The summed E-state index contributed by atoms with van der Waals surface area (Å²) in [5.41, 5.74) is 4.42. The maximum atomic E-state index is 12.8. The molecule has 8 heteroatoms. The molecule has 2 heterocycles. The highest BCUT2D eigenvalue weighted by Gasteiger charge is 2.31. The summed E-state index contributed by atoms with van der Waals surface area (Å²) in [5.74, 6) is 1.21. The second kappa shape index (κ2) is 10.7. The summed E-state index contributed by atoms with van der Waals surface area (Å²) in [5, 5.41) is 6.14. The third-order valence-electron chi connectivity index (χ3n) is 5.58. The fraction of sp³-hybridized carbons (Fsp3) is 0.286. The van der Waals surface area contributed by atoms with Crippen LogP contribution >= 0.6 is 0 Å². The Morgan fingerprint density at radius 3 is 2.75 bits per heavy atom. The number of aromatic nitrogens is 2. The smallest absolute Gasteiger partial charge is 0.255 e. The van der Waals surface area contributed by atoms with Gasteiger partial charge in [0.1, 0.15) is 5.82 Å². The average molecular weight is 489 g/mol. The summed E-state index contributed by atoms with van der Waals surface area (Å²) in [6.07, 6.45) is 6.18. The van der Waals surface area contributed by atoms with Crippen LogP contribution in [0.1, 0.15) is 27.2 Å². The SMILES string of the molecule is C=C(/C=C\C(=C/C)C(=O)Nc1ccc2nc(-c3ccc4c(c3)OC(C)(C)O4)[nH]c2c1)NCCCOC. The number of amides is 1. The number of nitrogens with one attached hydrogen (secondary N) is 3. The molecule has 1 aromatic heterocycles. The van der Waals surface area contributed by atoms with Crippen molar-refractivity contribution in [2.24, 2.45) is 0 Å². The van der Waals surface area contributed by atoms with Gasteiger partial charge >= 0.3 is 0 Å². The number of hydrogen-bond donors (Lipinski definition) is 3. The lowest BCUT2D eigenvalue weighted by Gasteiger charge is -2.16. The number of carbonyl (C=O) groups is 1. The fourth-order valence-electron chi connectivity index (χ4n) is 3.81. The molecule has 0 atom stereocenters. The van der Waals surface area contributed by atoms with Crippen molar-refractivity contribution in [3.63, 3.8) is 0 Å². The molecule has 0 radical (unpaired) electrons. The van der Waals surface area contributed by atoms with Crippen LogP contribution in [0, 0.1) is 0 Å². The second-order valence-electron chi connectivity index (χ2n) is 8.91. The quantitative estimate of drug-likeness (QED) is 0.203. The van der Waals surface area contributed by atoms with Gasteiger partial charge in [-0.25, -0.2) is 4.98 Å². The van der Waals surface area contributed by atoms with Gasteiger partial charge in [0.2, 0.25) is 5.79 Å². The van der Waals surface area contributed by atoms with Crippen molar-refractivity contribution in [2.45, 2.75) is 33.0 Å². The number of rotatable bonds is 10. The Morgan fingerprint density at radius 2 is 1.97 bits per heavy atom. The van der Waals surface area contributed by atoms with Gasteiger partial charge in [0.15, 0.2) is 11.5 Å². The molecule has 1 aliphatic rings. The number of benzene rings is 2. The Labute approximate surface area is 211 Å². The third kappa shape index (κ3) is 5.95. The van der Waals surface area contributed by atoms with Crippen LogP contribution in [0.4, 0.5) is 5.69 Å². The van der Waals surface area contributed by atoms with Gasteiger partial charge in [-0.05, 0) is 61.9 Å². The normalized spacial score (nSPS) is 14.4. The average Bonchev–Trinajstić information content (AvgIpc) is 3.40. The molecule has 1 amide bonds. The number of ether oxygens (including phenoxy) is 3. The van der Waals surface area contributed by atoms with Crippen molar-refractivity contribution in [2.75, 3.05) is 25.6 Å². The van der Waals surface area contributed by atoms with Gasteiger partial charge in [0.05, 0.1) is 11.0 Å². The van der Waals surface area contributed by atoms with Crippen molar-refractivity contribution < 1.29 is 19.0 Å². The predicted molar refractivity (Wildman–Crippen MR) is 142 cm³/mol. The number of carbonyl (C=O) groups excluding carboxylic acids is 1. The van der Waals surface area contributed by atoms with Crippen LogP contribution in [-0.2, 0) is 9.53 Å². The Kier molecular flexibility index (Phi) is 7.45. The number of hydrogen-bond acceptors (Lipinski definition) is 6. The lowest BCUT2D eigenvalue weighted by Crippen LogP contribution is -2.29. The minimum absolute atomic E-state index is 0.210. The van der Waals surface area contributed by atoms with Crippen molar-refractivity contribution in [3.8, 4) is 22.9 Å². The lowest BCUT2D eigenvalue weighted by molar-refractivity contribution is -0.112. The molecule has 4 rings (SSSR count). The molecule has 0 aliphatic carbocycles. The van der Waals surface area contributed by atoms with E-state index in [2.05, 4.69) is 27.2 Å². The van der Waals surface area contributed by atoms with Crippen molar-refractivity contribution >= 4 is 22.6 Å². The highest BCUT2D eigenvalue weighted by Crippen LogP contribution is 2.41. The monoisotopic (exact) mass is 488 g/mol. The number of imidazole rings is 1. The fourth-order valence-corrected chi connectivity index (χ4v) is 3.81. The number of nitrogens with zero attached hydrogens (tertiary/aromatic N) is 1. The first-order valence-electron chi connectivity index (χ1n) is 11.9. The number of anilines is 1. The largest absolute Gasteiger partial charge is 0.449 e. The molecule has 0 spiro atoms. The van der Waals surface area contributed by atoms with Gasteiger partial charge in [0, 0.05) is 56.6 Å². The maximum Gasteiger partial charge on any atom is 0.255 e. The van der Waals surface area contributed by atoms with Crippen LogP contribution < -0.4 is 20.1 Å². The molecule has 0 saturated carbocycles. The predicted octanol–water partition coefficient (Wildman–Crippen LogP) is 5.32. The zero-order valence-electron chi connectivity index (χ0n) is 21.1. The van der Waals surface area contributed by atoms with Gasteiger partial charge in [-0.3, -0.25) is 4.79 Å². The van der Waals surface area contributed by atoms with Crippen LogP contribution in [0.2, 0.25) is 0 Å². The summed E-state index contributed by atoms with van der Waals surface area (Å²) >= 11 is 0. The van der Waals surface area contributed by atoms with E-state index in [0.29, 0.717) is 35.2 Å². The van der Waals surface area contributed by atoms with Crippen LogP contribution in [-0.4, -0.2) is 41.9 Å². The van der Waals surface area contributed by atoms with Gasteiger partial charge in [-0.15, -0.1) is 0 Å². The number of aromatic amines is 1. The van der Waals surface area contributed by atoms with Gasteiger partial charge < -0.3 is 29.8 Å². The highest BCUT2D eigenvalue weighted by atomic mass is 16.7. The topological polar surface area (TPSA) is 97.5 Å². The zero-order valence-corrected chi connectivity index (χ0v) is 21.1. The number of fused-ring (bicyclic) bond motifs is 2. The van der Waals surface area contributed by atoms with E-state index in [1.54, 1.807) is 25.3 Å². The zero-order chi connectivity index (χ0) is 25.7. The van der Waals surface area contributed by atoms with Crippen LogP contribution in [0.3, 0.4) is 0 Å². The number of allylic oxidation sites excluding steroid dienone is 2. The van der Waals surface area contributed by atoms with Gasteiger partial charge in [-0.2, -0.15) is 0 Å². The van der Waals surface area contributed by atoms with Crippen LogP contribution in [0.15, 0.2) is 72.5 Å². The molecule has 188 valence electrons. The van der Waals surface area contributed by atoms with E-state index < -0.39 is 5.79 Å². The minimum Gasteiger partial charge on any atom is -0.449 e. The molecule has 3 aromatic rings. The van der Waals surface area contributed by atoms with Gasteiger partial charge in [0.25, 0.3) is 5.91 Å². The maximum absolute atomic E-state index is 12.8. The summed E-state index contributed by atoms with van der Waals surface area (Å²) in [7, 11) is 1.68. The molecule has 2 aromatic carbocycles. The minimum atomic E-state index is -0.684. The third-order valence-corrected chi connectivity index (χ3v) is 5.58. The van der Waals surface area contributed by atoms with E-state index in [1.807, 2.05) is 57.2 Å². The Hall–Kier alpha value is -4.04. The van der Waals surface area contributed by atoms with Crippen LogP contribution in [0.5, 0.6) is 11.5 Å². The Morgan fingerprint density at radius 1 is 1.17 bits per heavy atom. The van der Waals surface area contributed by atoms with E-state index in [0.717, 1.165) is 35.3 Å². The van der Waals surface area contributed by atoms with E-state index in [1.165, 1.54) is 0 Å². The first-order valence-corrected chi connectivity index (χ1v) is 11.9. The van der Waals surface area contributed by atoms with Crippen molar-refractivity contribution in [1.82, 2.24) is 15.3 Å². The number of methoxy groups -OCH3 is 1. The summed E-state index contributed by atoms with van der Waals surface area (Å²) in [6, 6.07) is 11.3. The standard InChI is InChI=1S/C28H32N4O4/c1-6-19(9-8-18(2)29-14-7-15-34-5)27(33)30-21-11-12-22-23(17-21)32-26(31-22)20-10-13-24-25(16-20)36-28(3,4)35-24/h6,8-13,16-17,29H,2,7,14-15H2,1,3-5H3,(H,30,33)(H,31,32)/b9-8-,19-6+. The first-order chi connectivity index (χ1) is 17.3. The van der Waals surface area contributed by atoms with E-state index in [9.17, 15) is 4.79 Å². The second-order valence-corrected chi connectivity index (χ2v) is 8.91. The van der Waals surface area contributed by atoms with E-state index in [4.69, 9.17) is 14.2 Å². The number of H-pyrrole nitrogens is 1. The molecule has 0 unspecified atom stereocenters. The molecule has 36 heavy (non-hydrogen) atoms. The van der Waals surface area contributed by atoms with Crippen molar-refractivity contribution in [1.29, 1.82) is 0 Å². The Bertz CT molecular complexity index is 1340. The van der Waals surface area contributed by atoms with Gasteiger partial charge in [-0.1, -0.05) is 12.7 Å². The molecule has 1 aliphatic heterocycles. The highest BCUT2D eigenvalue weighted by molar-refractivity contribution is 6.06. The summed E-state index contributed by atoms with van der Waals surface area (Å²) in [4.78, 5) is 20.9. The van der Waals surface area contributed by atoms with Crippen molar-refractivity contribution in [3.05, 3.63) is 72.5 Å². The molecular formula is C28H32N4O4. The molecule has 0 bridgehead atoms. The first kappa shape index (κ1) is 25.1. The van der Waals surface area contributed by atoms with E-state index in [-0.39, 0.29) is 5.91 Å². The molecular weight excluding hydrogens is 456 g/mol. The molecule has 8 nitrogen and oxygen atoms in total. The lowest BCUT2D eigenvalue weighted by atomic mass is 10.2. The van der Waals surface area contributed by atoms with Crippen LogP contribution in [0.25, 0.3) is 22.4 Å². The molecule has 3 N–H and O–H groups in total. The molecule has 0 fully saturated rings.